The molecule has 0 saturated carbocycles. The minimum Gasteiger partial charge on any atom is -0.364 e. The molecule has 1 unspecified atom stereocenters. The van der Waals surface area contributed by atoms with Crippen LogP contribution in [0.1, 0.15) is 29.4 Å². The summed E-state index contributed by atoms with van der Waals surface area (Å²) in [5.74, 6) is 0. The number of nitrogens with zero attached hydrogens (tertiary/aromatic N) is 1. The maximum absolute atomic E-state index is 4.46. The fourth-order valence-electron chi connectivity index (χ4n) is 1.40. The lowest BCUT2D eigenvalue weighted by Gasteiger charge is -2.09. The van der Waals surface area contributed by atoms with Gasteiger partial charge in [0.1, 0.15) is 5.01 Å². The maximum Gasteiger partial charge on any atom is 0.110 e. The van der Waals surface area contributed by atoms with E-state index in [-0.39, 0.29) is 0 Å². The zero-order valence-corrected chi connectivity index (χ0v) is 9.77. The zero-order chi connectivity index (χ0) is 10.7. The number of nitrogens with one attached hydrogen (secondary N) is 2. The first-order chi connectivity index (χ1) is 7.25. The summed E-state index contributed by atoms with van der Waals surface area (Å²) in [6, 6.07) is 4.40. The van der Waals surface area contributed by atoms with Gasteiger partial charge < -0.3 is 10.3 Å². The van der Waals surface area contributed by atoms with Gasteiger partial charge in [-0.05, 0) is 26.0 Å². The molecule has 2 rings (SSSR count). The fourth-order valence-corrected chi connectivity index (χ4v) is 2.23. The highest BCUT2D eigenvalue weighted by Crippen LogP contribution is 2.17. The van der Waals surface area contributed by atoms with E-state index in [2.05, 4.69) is 33.7 Å². The van der Waals surface area contributed by atoms with E-state index in [0.29, 0.717) is 6.04 Å². The SMILES string of the molecule is Cc1csc(C(C)NCc2ccc[nH]2)n1. The minimum atomic E-state index is 0.312. The average Bonchev–Trinajstić information content (AvgIpc) is 2.84. The van der Waals surface area contributed by atoms with Crippen LogP contribution in [0, 0.1) is 6.92 Å². The highest BCUT2D eigenvalue weighted by molar-refractivity contribution is 7.09. The van der Waals surface area contributed by atoms with E-state index >= 15 is 0 Å². The van der Waals surface area contributed by atoms with Gasteiger partial charge in [0.05, 0.1) is 6.04 Å². The van der Waals surface area contributed by atoms with E-state index in [1.807, 2.05) is 19.2 Å². The van der Waals surface area contributed by atoms with Crippen LogP contribution in [0.15, 0.2) is 23.7 Å². The second kappa shape index (κ2) is 4.59. The van der Waals surface area contributed by atoms with Crippen LogP contribution in [0.25, 0.3) is 0 Å². The normalized spacial score (nSPS) is 12.9. The van der Waals surface area contributed by atoms with Gasteiger partial charge in [-0.3, -0.25) is 0 Å². The van der Waals surface area contributed by atoms with Crippen LogP contribution < -0.4 is 5.32 Å². The smallest absolute Gasteiger partial charge is 0.110 e. The van der Waals surface area contributed by atoms with Gasteiger partial charge in [-0.2, -0.15) is 0 Å². The van der Waals surface area contributed by atoms with Crippen molar-refractivity contribution in [3.8, 4) is 0 Å². The summed E-state index contributed by atoms with van der Waals surface area (Å²) in [6.07, 6.45) is 1.94. The molecular formula is C11H15N3S. The Kier molecular flexibility index (Phi) is 3.18. The Morgan fingerprint density at radius 1 is 1.60 bits per heavy atom. The van der Waals surface area contributed by atoms with Crippen LogP contribution in [-0.2, 0) is 6.54 Å². The Hall–Kier alpha value is -1.13. The molecule has 0 aliphatic heterocycles. The van der Waals surface area contributed by atoms with Gasteiger partial charge in [-0.25, -0.2) is 4.98 Å². The predicted molar refractivity (Wildman–Crippen MR) is 62.9 cm³/mol. The molecule has 0 aliphatic rings. The van der Waals surface area contributed by atoms with Crippen molar-refractivity contribution in [2.45, 2.75) is 26.4 Å². The quantitative estimate of drug-likeness (QED) is 0.833. The van der Waals surface area contributed by atoms with Crippen LogP contribution in [0.3, 0.4) is 0 Å². The highest BCUT2D eigenvalue weighted by Gasteiger charge is 2.08. The van der Waals surface area contributed by atoms with Gasteiger partial charge in [0.15, 0.2) is 0 Å². The summed E-state index contributed by atoms with van der Waals surface area (Å²) in [7, 11) is 0. The number of hydrogen-bond donors (Lipinski definition) is 2. The minimum absolute atomic E-state index is 0.312. The van der Waals surface area contributed by atoms with E-state index in [1.54, 1.807) is 11.3 Å². The number of rotatable bonds is 4. The lowest BCUT2D eigenvalue weighted by molar-refractivity contribution is 0.565. The summed E-state index contributed by atoms with van der Waals surface area (Å²) >= 11 is 1.71. The van der Waals surface area contributed by atoms with Crippen molar-refractivity contribution >= 4 is 11.3 Å². The Morgan fingerprint density at radius 3 is 3.07 bits per heavy atom. The van der Waals surface area contributed by atoms with Crippen LogP contribution in [0.2, 0.25) is 0 Å². The molecule has 1 atom stereocenters. The molecule has 0 spiro atoms. The number of aryl methyl sites for hydroxylation is 1. The van der Waals surface area contributed by atoms with Crippen LogP contribution in [0.5, 0.6) is 0 Å². The van der Waals surface area contributed by atoms with Gasteiger partial charge in [0.2, 0.25) is 0 Å². The molecule has 4 heteroatoms. The van der Waals surface area contributed by atoms with Crippen molar-refractivity contribution in [1.82, 2.24) is 15.3 Å². The topological polar surface area (TPSA) is 40.7 Å². The molecule has 0 bridgehead atoms. The molecule has 0 aromatic carbocycles. The molecule has 15 heavy (non-hydrogen) atoms. The highest BCUT2D eigenvalue weighted by atomic mass is 32.1. The monoisotopic (exact) mass is 221 g/mol. The van der Waals surface area contributed by atoms with Crippen molar-refractivity contribution in [3.63, 3.8) is 0 Å². The van der Waals surface area contributed by atoms with Crippen molar-refractivity contribution in [1.29, 1.82) is 0 Å². The van der Waals surface area contributed by atoms with Gasteiger partial charge in [-0.1, -0.05) is 0 Å². The van der Waals surface area contributed by atoms with E-state index in [9.17, 15) is 0 Å². The largest absolute Gasteiger partial charge is 0.364 e. The van der Waals surface area contributed by atoms with E-state index in [4.69, 9.17) is 0 Å². The molecule has 0 amide bonds. The van der Waals surface area contributed by atoms with Crippen LogP contribution >= 0.6 is 11.3 Å². The van der Waals surface area contributed by atoms with E-state index in [1.165, 1.54) is 5.69 Å². The third-order valence-corrected chi connectivity index (χ3v) is 3.41. The summed E-state index contributed by atoms with van der Waals surface area (Å²) in [5.41, 5.74) is 2.30. The zero-order valence-electron chi connectivity index (χ0n) is 8.95. The van der Waals surface area contributed by atoms with E-state index in [0.717, 1.165) is 17.2 Å². The van der Waals surface area contributed by atoms with Crippen molar-refractivity contribution < 1.29 is 0 Å². The number of H-pyrrole nitrogens is 1. The molecule has 0 aliphatic carbocycles. The first-order valence-corrected chi connectivity index (χ1v) is 5.91. The summed E-state index contributed by atoms with van der Waals surface area (Å²) in [4.78, 5) is 7.63. The Balaban J connectivity index is 1.90. The first kappa shape index (κ1) is 10.4. The molecule has 2 aromatic heterocycles. The fraction of sp³-hybridized carbons (Fsp3) is 0.364. The molecule has 0 radical (unpaired) electrons. The second-order valence-electron chi connectivity index (χ2n) is 3.63. The average molecular weight is 221 g/mol. The van der Waals surface area contributed by atoms with Crippen LogP contribution in [-0.4, -0.2) is 9.97 Å². The Morgan fingerprint density at radius 2 is 2.47 bits per heavy atom. The van der Waals surface area contributed by atoms with Gasteiger partial charge in [0, 0.05) is 29.5 Å². The molecule has 2 N–H and O–H groups in total. The molecule has 3 nitrogen and oxygen atoms in total. The van der Waals surface area contributed by atoms with Gasteiger partial charge >= 0.3 is 0 Å². The summed E-state index contributed by atoms with van der Waals surface area (Å²) in [6.45, 7) is 5.02. The lowest BCUT2D eigenvalue weighted by atomic mass is 10.3. The summed E-state index contributed by atoms with van der Waals surface area (Å²) < 4.78 is 0. The molecule has 2 aromatic rings. The third kappa shape index (κ3) is 2.67. The lowest BCUT2D eigenvalue weighted by Crippen LogP contribution is -2.18. The van der Waals surface area contributed by atoms with Crippen molar-refractivity contribution in [2.75, 3.05) is 0 Å². The number of aromatic amines is 1. The Labute approximate surface area is 93.6 Å². The van der Waals surface area contributed by atoms with Crippen LogP contribution in [0.4, 0.5) is 0 Å². The molecular weight excluding hydrogens is 206 g/mol. The van der Waals surface area contributed by atoms with Crippen molar-refractivity contribution in [2.24, 2.45) is 0 Å². The maximum atomic E-state index is 4.46. The predicted octanol–water partition coefficient (Wildman–Crippen LogP) is 2.63. The number of hydrogen-bond acceptors (Lipinski definition) is 3. The standard InChI is InChI=1S/C11H15N3S/c1-8-7-15-11(14-8)9(2)13-6-10-4-3-5-12-10/h3-5,7,9,12-13H,6H2,1-2H3. The van der Waals surface area contributed by atoms with E-state index < -0.39 is 0 Å². The number of aromatic nitrogens is 2. The second-order valence-corrected chi connectivity index (χ2v) is 4.51. The third-order valence-electron chi connectivity index (χ3n) is 2.27. The number of thiazole rings is 1. The molecule has 0 saturated heterocycles. The van der Waals surface area contributed by atoms with Crippen molar-refractivity contribution in [3.05, 3.63) is 40.1 Å². The first-order valence-electron chi connectivity index (χ1n) is 5.03. The Bertz CT molecular complexity index is 405. The molecule has 0 fully saturated rings. The summed E-state index contributed by atoms with van der Waals surface area (Å²) in [5, 5.41) is 6.67. The van der Waals surface area contributed by atoms with Gasteiger partial charge in [0.25, 0.3) is 0 Å². The molecule has 80 valence electrons. The van der Waals surface area contributed by atoms with Gasteiger partial charge in [-0.15, -0.1) is 11.3 Å². The molecule has 2 heterocycles.